The summed E-state index contributed by atoms with van der Waals surface area (Å²) in [4.78, 5) is 0. The molecule has 84 valence electrons. The van der Waals surface area contributed by atoms with Crippen molar-refractivity contribution in [1.82, 2.24) is 5.32 Å². The third-order valence-electron chi connectivity index (χ3n) is 2.75. The van der Waals surface area contributed by atoms with E-state index in [1.165, 1.54) is 31.3 Å². The van der Waals surface area contributed by atoms with Gasteiger partial charge in [-0.15, -0.1) is 0 Å². The van der Waals surface area contributed by atoms with Crippen molar-refractivity contribution in [1.29, 1.82) is 0 Å². The van der Waals surface area contributed by atoms with Gasteiger partial charge < -0.3 is 5.32 Å². The lowest BCUT2D eigenvalue weighted by atomic mass is 9.87. The lowest BCUT2D eigenvalue weighted by molar-refractivity contribution is 0.346. The van der Waals surface area contributed by atoms with Crippen molar-refractivity contribution in [3.8, 4) is 0 Å². The summed E-state index contributed by atoms with van der Waals surface area (Å²) in [5.74, 6) is 0.780. The van der Waals surface area contributed by atoms with Crippen LogP contribution in [0, 0.1) is 5.92 Å². The van der Waals surface area contributed by atoms with Crippen molar-refractivity contribution < 1.29 is 0 Å². The van der Waals surface area contributed by atoms with Gasteiger partial charge in [-0.3, -0.25) is 0 Å². The normalized spacial score (nSPS) is 13.2. The average Bonchev–Trinajstić information content (AvgIpc) is 2.13. The summed E-state index contributed by atoms with van der Waals surface area (Å²) in [7, 11) is 0. The Kier molecular flexibility index (Phi) is 7.87. The SMILES string of the molecule is C=C(C)C(NCC)C(CCC)CCC. The van der Waals surface area contributed by atoms with E-state index in [2.05, 4.69) is 39.6 Å². The Balaban J connectivity index is 4.29. The first-order valence-electron chi connectivity index (χ1n) is 6.06. The Hall–Kier alpha value is -0.300. The molecule has 0 bridgehead atoms. The van der Waals surface area contributed by atoms with Crippen molar-refractivity contribution in [2.45, 2.75) is 59.4 Å². The first kappa shape index (κ1) is 13.7. The molecule has 0 aromatic carbocycles. The molecular formula is C13H27N. The number of likely N-dealkylation sites (N-methyl/N-ethyl adjacent to an activating group) is 1. The Morgan fingerprint density at radius 3 is 1.93 bits per heavy atom. The second-order valence-corrected chi connectivity index (χ2v) is 4.22. The van der Waals surface area contributed by atoms with Gasteiger partial charge >= 0.3 is 0 Å². The summed E-state index contributed by atoms with van der Waals surface area (Å²) in [6.07, 6.45) is 5.19. The minimum atomic E-state index is 0.528. The van der Waals surface area contributed by atoms with Crippen LogP contribution in [0.4, 0.5) is 0 Å². The van der Waals surface area contributed by atoms with E-state index in [0.717, 1.165) is 12.5 Å². The molecule has 1 atom stereocenters. The van der Waals surface area contributed by atoms with E-state index in [4.69, 9.17) is 0 Å². The van der Waals surface area contributed by atoms with Crippen LogP contribution in [0.3, 0.4) is 0 Å². The van der Waals surface area contributed by atoms with Crippen molar-refractivity contribution in [2.24, 2.45) is 5.92 Å². The molecule has 0 saturated carbocycles. The van der Waals surface area contributed by atoms with Crippen LogP contribution in [0.25, 0.3) is 0 Å². The fraction of sp³-hybridized carbons (Fsp3) is 0.846. The molecule has 0 aliphatic rings. The average molecular weight is 197 g/mol. The topological polar surface area (TPSA) is 12.0 Å². The molecule has 1 N–H and O–H groups in total. The van der Waals surface area contributed by atoms with Crippen LogP contribution >= 0.6 is 0 Å². The van der Waals surface area contributed by atoms with E-state index < -0.39 is 0 Å². The van der Waals surface area contributed by atoms with Crippen LogP contribution in [0.2, 0.25) is 0 Å². The highest BCUT2D eigenvalue weighted by molar-refractivity contribution is 5.04. The molecule has 1 nitrogen and oxygen atoms in total. The van der Waals surface area contributed by atoms with Gasteiger partial charge in [-0.25, -0.2) is 0 Å². The van der Waals surface area contributed by atoms with Crippen molar-refractivity contribution in [2.75, 3.05) is 6.54 Å². The molecule has 0 fully saturated rings. The number of hydrogen-bond acceptors (Lipinski definition) is 1. The Bertz CT molecular complexity index is 145. The van der Waals surface area contributed by atoms with Crippen LogP contribution < -0.4 is 5.32 Å². The molecule has 0 amide bonds. The first-order valence-corrected chi connectivity index (χ1v) is 6.06. The third-order valence-corrected chi connectivity index (χ3v) is 2.75. The maximum Gasteiger partial charge on any atom is 0.0302 e. The summed E-state index contributed by atoms with van der Waals surface area (Å²) in [6.45, 7) is 14.0. The van der Waals surface area contributed by atoms with Gasteiger partial charge in [0, 0.05) is 6.04 Å². The molecule has 0 heterocycles. The largest absolute Gasteiger partial charge is 0.310 e. The van der Waals surface area contributed by atoms with Crippen LogP contribution in [0.15, 0.2) is 12.2 Å². The van der Waals surface area contributed by atoms with Gasteiger partial charge in [-0.05, 0) is 32.2 Å². The molecule has 0 rings (SSSR count). The van der Waals surface area contributed by atoms with Gasteiger partial charge in [0.25, 0.3) is 0 Å². The number of rotatable bonds is 8. The van der Waals surface area contributed by atoms with E-state index in [-0.39, 0.29) is 0 Å². The predicted octanol–water partition coefficient (Wildman–Crippen LogP) is 3.76. The fourth-order valence-corrected chi connectivity index (χ4v) is 2.18. The van der Waals surface area contributed by atoms with E-state index in [1.54, 1.807) is 0 Å². The van der Waals surface area contributed by atoms with Gasteiger partial charge in [0.05, 0.1) is 0 Å². The zero-order valence-electron chi connectivity index (χ0n) is 10.4. The highest BCUT2D eigenvalue weighted by atomic mass is 14.9. The minimum absolute atomic E-state index is 0.528. The molecular weight excluding hydrogens is 170 g/mol. The Morgan fingerprint density at radius 2 is 1.64 bits per heavy atom. The zero-order valence-corrected chi connectivity index (χ0v) is 10.4. The summed E-state index contributed by atoms with van der Waals surface area (Å²) < 4.78 is 0. The maximum atomic E-state index is 4.10. The highest BCUT2D eigenvalue weighted by Gasteiger charge is 2.19. The van der Waals surface area contributed by atoms with Crippen LogP contribution in [-0.4, -0.2) is 12.6 Å². The smallest absolute Gasteiger partial charge is 0.0302 e. The number of nitrogens with one attached hydrogen (secondary N) is 1. The molecule has 0 aromatic rings. The Labute approximate surface area is 90.0 Å². The Morgan fingerprint density at radius 1 is 1.14 bits per heavy atom. The number of hydrogen-bond donors (Lipinski definition) is 1. The summed E-state index contributed by atoms with van der Waals surface area (Å²) in [5.41, 5.74) is 1.29. The lowest BCUT2D eigenvalue weighted by Gasteiger charge is -2.28. The molecule has 0 saturated heterocycles. The van der Waals surface area contributed by atoms with Crippen molar-refractivity contribution in [3.05, 3.63) is 12.2 Å². The molecule has 1 heteroatoms. The monoisotopic (exact) mass is 197 g/mol. The summed E-state index contributed by atoms with van der Waals surface area (Å²) in [6, 6.07) is 0.528. The van der Waals surface area contributed by atoms with E-state index in [1.807, 2.05) is 0 Å². The predicted molar refractivity (Wildman–Crippen MR) is 65.6 cm³/mol. The standard InChI is InChI=1S/C13H27N/c1-6-9-12(10-7-2)13(11(4)5)14-8-3/h12-14H,4,6-10H2,1-3,5H3. The third kappa shape index (κ3) is 4.80. The van der Waals surface area contributed by atoms with Crippen molar-refractivity contribution >= 4 is 0 Å². The molecule has 0 aliphatic heterocycles. The van der Waals surface area contributed by atoms with Gasteiger partial charge in [0.1, 0.15) is 0 Å². The van der Waals surface area contributed by atoms with E-state index in [9.17, 15) is 0 Å². The molecule has 1 unspecified atom stereocenters. The van der Waals surface area contributed by atoms with E-state index >= 15 is 0 Å². The zero-order chi connectivity index (χ0) is 11.0. The van der Waals surface area contributed by atoms with Gasteiger partial charge in [-0.1, -0.05) is 45.8 Å². The lowest BCUT2D eigenvalue weighted by Crippen LogP contribution is -2.36. The molecule has 0 radical (unpaired) electrons. The fourth-order valence-electron chi connectivity index (χ4n) is 2.18. The minimum Gasteiger partial charge on any atom is -0.310 e. The van der Waals surface area contributed by atoms with Gasteiger partial charge in [0.2, 0.25) is 0 Å². The molecule has 14 heavy (non-hydrogen) atoms. The molecule has 0 spiro atoms. The summed E-state index contributed by atoms with van der Waals surface area (Å²) in [5, 5.41) is 3.55. The van der Waals surface area contributed by atoms with Crippen LogP contribution in [-0.2, 0) is 0 Å². The molecule has 0 aromatic heterocycles. The second-order valence-electron chi connectivity index (χ2n) is 4.22. The van der Waals surface area contributed by atoms with Crippen LogP contribution in [0.1, 0.15) is 53.4 Å². The van der Waals surface area contributed by atoms with Gasteiger partial charge in [-0.2, -0.15) is 0 Å². The van der Waals surface area contributed by atoms with Gasteiger partial charge in [0.15, 0.2) is 0 Å². The van der Waals surface area contributed by atoms with Crippen LogP contribution in [0.5, 0.6) is 0 Å². The quantitative estimate of drug-likeness (QED) is 0.584. The highest BCUT2D eigenvalue weighted by Crippen LogP contribution is 2.21. The summed E-state index contributed by atoms with van der Waals surface area (Å²) >= 11 is 0. The molecule has 0 aliphatic carbocycles. The van der Waals surface area contributed by atoms with Crippen molar-refractivity contribution in [3.63, 3.8) is 0 Å². The van der Waals surface area contributed by atoms with E-state index in [0.29, 0.717) is 6.04 Å². The first-order chi connectivity index (χ1) is 6.67. The second kappa shape index (κ2) is 8.05. The maximum absolute atomic E-state index is 4.10.